The van der Waals surface area contributed by atoms with Crippen molar-refractivity contribution >= 4 is 63.0 Å². The lowest BCUT2D eigenvalue weighted by molar-refractivity contribution is 0.103. The normalized spacial score (nSPS) is 15.3. The number of amides is 1. The van der Waals surface area contributed by atoms with Gasteiger partial charge in [-0.2, -0.15) is 4.98 Å². The molecule has 0 atom stereocenters. The highest BCUT2D eigenvalue weighted by molar-refractivity contribution is 7.24. The molecule has 0 unspecified atom stereocenters. The van der Waals surface area contributed by atoms with Gasteiger partial charge in [0.05, 0.1) is 9.21 Å². The minimum Gasteiger partial charge on any atom is -0.423 e. The van der Waals surface area contributed by atoms with Crippen LogP contribution in [0.15, 0.2) is 46.9 Å². The Morgan fingerprint density at radius 2 is 1.91 bits per heavy atom. The van der Waals surface area contributed by atoms with E-state index in [0.29, 0.717) is 28.2 Å². The van der Waals surface area contributed by atoms with Gasteiger partial charge in [-0.25, -0.2) is 0 Å². The van der Waals surface area contributed by atoms with Crippen molar-refractivity contribution in [2.75, 3.05) is 37.4 Å². The third-order valence-corrected chi connectivity index (χ3v) is 8.33. The Morgan fingerprint density at radius 1 is 1.16 bits per heavy atom. The standard InChI is InChI=1S/C23H23ClN4O2S2/c1-27-11-9-15(10-12-27)28(2)23-26-16-13-14(3-4-17(16)30-23)25-22(29)20-6-5-18(31-20)19-7-8-21(24)32-19/h3-8,13,15H,9-12H2,1-2H3,(H,25,29). The van der Waals surface area contributed by atoms with Crippen molar-refractivity contribution in [3.05, 3.63) is 51.7 Å². The molecule has 166 valence electrons. The average molecular weight is 487 g/mol. The highest BCUT2D eigenvalue weighted by Gasteiger charge is 2.24. The second kappa shape index (κ2) is 8.86. The van der Waals surface area contributed by atoms with Crippen molar-refractivity contribution in [1.82, 2.24) is 9.88 Å². The fourth-order valence-corrected chi connectivity index (χ4v) is 5.95. The van der Waals surface area contributed by atoms with Crippen molar-refractivity contribution in [2.45, 2.75) is 18.9 Å². The fraction of sp³-hybridized carbons (Fsp3) is 0.304. The van der Waals surface area contributed by atoms with Crippen molar-refractivity contribution < 1.29 is 9.21 Å². The van der Waals surface area contributed by atoms with Crippen LogP contribution >= 0.6 is 34.3 Å². The number of hydrogen-bond donors (Lipinski definition) is 1. The van der Waals surface area contributed by atoms with Crippen LogP contribution in [0.25, 0.3) is 20.9 Å². The molecule has 0 bridgehead atoms. The van der Waals surface area contributed by atoms with E-state index in [1.165, 1.54) is 22.7 Å². The molecule has 9 heteroatoms. The lowest BCUT2D eigenvalue weighted by Gasteiger charge is -2.34. The van der Waals surface area contributed by atoms with Gasteiger partial charge >= 0.3 is 0 Å². The van der Waals surface area contributed by atoms with E-state index in [2.05, 4.69) is 27.1 Å². The Balaban J connectivity index is 1.30. The number of rotatable bonds is 5. The van der Waals surface area contributed by atoms with Crippen molar-refractivity contribution in [2.24, 2.45) is 0 Å². The molecule has 6 nitrogen and oxygen atoms in total. The number of carbonyl (C=O) groups is 1. The molecule has 1 aromatic carbocycles. The number of nitrogens with one attached hydrogen (secondary N) is 1. The average Bonchev–Trinajstić information content (AvgIpc) is 3.52. The minimum atomic E-state index is -0.143. The van der Waals surface area contributed by atoms with Crippen LogP contribution in [-0.2, 0) is 0 Å². The number of anilines is 2. The lowest BCUT2D eigenvalue weighted by Crippen LogP contribution is -2.42. The van der Waals surface area contributed by atoms with Crippen LogP contribution in [0, 0.1) is 0 Å². The molecule has 4 heterocycles. The van der Waals surface area contributed by atoms with Gasteiger partial charge in [0.1, 0.15) is 5.52 Å². The van der Waals surface area contributed by atoms with Gasteiger partial charge in [-0.1, -0.05) is 11.6 Å². The molecule has 4 aromatic rings. The highest BCUT2D eigenvalue weighted by Crippen LogP contribution is 2.36. The maximum Gasteiger partial charge on any atom is 0.298 e. The maximum atomic E-state index is 12.8. The number of carbonyl (C=O) groups excluding carboxylic acids is 1. The number of oxazole rings is 1. The summed E-state index contributed by atoms with van der Waals surface area (Å²) >= 11 is 8.99. The Hall–Kier alpha value is -2.39. The zero-order chi connectivity index (χ0) is 22.2. The van der Waals surface area contributed by atoms with Gasteiger partial charge in [0.15, 0.2) is 5.58 Å². The molecule has 0 saturated carbocycles. The summed E-state index contributed by atoms with van der Waals surface area (Å²) in [4.78, 5) is 24.7. The summed E-state index contributed by atoms with van der Waals surface area (Å²) < 4.78 is 6.73. The Morgan fingerprint density at radius 3 is 2.66 bits per heavy atom. The van der Waals surface area contributed by atoms with Crippen LogP contribution in [0.5, 0.6) is 0 Å². The van der Waals surface area contributed by atoms with Gasteiger partial charge in [-0.15, -0.1) is 22.7 Å². The first kappa shape index (κ1) is 21.5. The largest absolute Gasteiger partial charge is 0.423 e. The van der Waals surface area contributed by atoms with Crippen molar-refractivity contribution in [3.8, 4) is 9.75 Å². The number of nitrogens with zero attached hydrogens (tertiary/aromatic N) is 3. The highest BCUT2D eigenvalue weighted by atomic mass is 35.5. The van der Waals surface area contributed by atoms with Crippen LogP contribution in [-0.4, -0.2) is 49.0 Å². The summed E-state index contributed by atoms with van der Waals surface area (Å²) in [5.41, 5.74) is 2.14. The molecule has 0 radical (unpaired) electrons. The predicted molar refractivity (Wildman–Crippen MR) is 134 cm³/mol. The fourth-order valence-electron chi connectivity index (χ4n) is 3.91. The SMILES string of the molecule is CN1CCC(N(C)c2nc3cc(NC(=O)c4ccc(-c5ccc(Cl)s5)s4)ccc3o2)CC1. The molecule has 1 saturated heterocycles. The predicted octanol–water partition coefficient (Wildman–Crippen LogP) is 6.05. The third kappa shape index (κ3) is 4.41. The summed E-state index contributed by atoms with van der Waals surface area (Å²) in [7, 11) is 4.19. The van der Waals surface area contributed by atoms with Crippen molar-refractivity contribution in [1.29, 1.82) is 0 Å². The second-order valence-electron chi connectivity index (χ2n) is 8.05. The molecule has 32 heavy (non-hydrogen) atoms. The molecule has 1 amide bonds. The van der Waals surface area contributed by atoms with Gasteiger partial charge in [0, 0.05) is 28.5 Å². The number of fused-ring (bicyclic) bond motifs is 1. The first-order valence-electron chi connectivity index (χ1n) is 10.4. The first-order chi connectivity index (χ1) is 15.5. The van der Waals surface area contributed by atoms with E-state index in [-0.39, 0.29) is 5.91 Å². The van der Waals surface area contributed by atoms with Crippen LogP contribution in [0.2, 0.25) is 4.34 Å². The Labute approximate surface area is 199 Å². The van der Waals surface area contributed by atoms with E-state index in [1.807, 2.05) is 49.5 Å². The number of likely N-dealkylation sites (tertiary alicyclic amines) is 1. The summed E-state index contributed by atoms with van der Waals surface area (Å²) in [5, 5.41) is 2.98. The van der Waals surface area contributed by atoms with E-state index in [1.54, 1.807) is 0 Å². The minimum absolute atomic E-state index is 0.143. The monoisotopic (exact) mass is 486 g/mol. The molecule has 1 N–H and O–H groups in total. The zero-order valence-corrected chi connectivity index (χ0v) is 20.2. The number of halogens is 1. The van der Waals surface area contributed by atoms with Gasteiger partial charge in [0.25, 0.3) is 11.9 Å². The maximum absolute atomic E-state index is 12.8. The molecule has 1 fully saturated rings. The van der Waals surface area contributed by atoms with E-state index in [0.717, 1.165) is 45.5 Å². The Bertz CT molecular complexity index is 1260. The van der Waals surface area contributed by atoms with E-state index >= 15 is 0 Å². The van der Waals surface area contributed by atoms with Gasteiger partial charge < -0.3 is 19.5 Å². The van der Waals surface area contributed by atoms with E-state index in [9.17, 15) is 4.79 Å². The molecule has 3 aromatic heterocycles. The molecule has 0 aliphatic carbocycles. The molecular formula is C23H23ClN4O2S2. The van der Waals surface area contributed by atoms with Crippen LogP contribution in [0.1, 0.15) is 22.5 Å². The lowest BCUT2D eigenvalue weighted by atomic mass is 10.0. The summed E-state index contributed by atoms with van der Waals surface area (Å²) in [6.07, 6.45) is 2.18. The summed E-state index contributed by atoms with van der Waals surface area (Å²) in [6.45, 7) is 2.16. The van der Waals surface area contributed by atoms with E-state index < -0.39 is 0 Å². The van der Waals surface area contributed by atoms with Crippen LogP contribution in [0.4, 0.5) is 11.7 Å². The number of aromatic nitrogens is 1. The van der Waals surface area contributed by atoms with Gasteiger partial charge in [-0.3, -0.25) is 4.79 Å². The summed E-state index contributed by atoms with van der Waals surface area (Å²) in [6, 6.07) is 14.2. The van der Waals surface area contributed by atoms with E-state index in [4.69, 9.17) is 16.0 Å². The molecular weight excluding hydrogens is 464 g/mol. The number of benzene rings is 1. The number of thiophene rings is 2. The molecule has 5 rings (SSSR count). The second-order valence-corrected chi connectivity index (χ2v) is 10.8. The van der Waals surface area contributed by atoms with Gasteiger partial charge in [0.2, 0.25) is 0 Å². The van der Waals surface area contributed by atoms with Crippen molar-refractivity contribution in [3.63, 3.8) is 0 Å². The number of piperidine rings is 1. The summed E-state index contributed by atoms with van der Waals surface area (Å²) in [5.74, 6) is -0.143. The van der Waals surface area contributed by atoms with Gasteiger partial charge in [-0.05, 0) is 75.4 Å². The first-order valence-corrected chi connectivity index (χ1v) is 12.5. The Kier molecular flexibility index (Phi) is 5.94. The topological polar surface area (TPSA) is 61.6 Å². The molecule has 1 aliphatic rings. The third-order valence-electron chi connectivity index (χ3n) is 5.82. The number of hydrogen-bond acceptors (Lipinski definition) is 7. The van der Waals surface area contributed by atoms with Crippen LogP contribution < -0.4 is 10.2 Å². The zero-order valence-electron chi connectivity index (χ0n) is 17.8. The smallest absolute Gasteiger partial charge is 0.298 e. The quantitative estimate of drug-likeness (QED) is 0.372. The van der Waals surface area contributed by atoms with Crippen LogP contribution in [0.3, 0.4) is 0 Å². The molecule has 0 spiro atoms. The molecule has 1 aliphatic heterocycles.